The number of unbranched alkanes of at least 4 members (excludes halogenated alkanes) is 4. The summed E-state index contributed by atoms with van der Waals surface area (Å²) in [5.41, 5.74) is 14.7. The fourth-order valence-electron chi connectivity index (χ4n) is 8.88. The van der Waals surface area contributed by atoms with Crippen molar-refractivity contribution in [2.24, 2.45) is 5.73 Å². The number of benzene rings is 7. The summed E-state index contributed by atoms with van der Waals surface area (Å²) in [5.74, 6) is 0.0418. The van der Waals surface area contributed by atoms with Crippen LogP contribution < -0.4 is 16.4 Å². The van der Waals surface area contributed by atoms with Gasteiger partial charge in [-0.1, -0.05) is 114 Å². The second-order valence-corrected chi connectivity index (χ2v) is 20.9. The Hall–Kier alpha value is -8.12. The Morgan fingerprint density at radius 1 is 0.429 bits per heavy atom. The second kappa shape index (κ2) is 37.9. The number of nitrogens with two attached hydrogens (primary N) is 1. The van der Waals surface area contributed by atoms with Gasteiger partial charge in [0.2, 0.25) is 11.8 Å². The first-order valence-corrected chi connectivity index (χ1v) is 29.5. The van der Waals surface area contributed by atoms with E-state index >= 15 is 0 Å². The minimum absolute atomic E-state index is 0.119. The standard InChI is InChI=1S/2C22H23FN2O.C9H12FN.C9H8FN.C8H8BrF/c2*1-16(26)24-22-13-12-19-11-10-18(15-21(19)25-22)7-4-2-3-6-17-8-5-9-20(23)14-17;2*10-9-5-1-3-8(7-9)4-2-6-11;9-5-4-7-2-1-3-8(10)6-7/h2*5,8-15H,2-4,6-7H2,1H3,(H,24,25,26);1,3,5,7H,2,4,6,11H2;1,3,5,7H,2,4H2;1-3,6H,4-5H2. The Morgan fingerprint density at radius 2 is 0.738 bits per heavy atom. The molecule has 2 amide bonds. The molecule has 0 unspecified atom stereocenters. The van der Waals surface area contributed by atoms with Crippen molar-refractivity contribution in [1.82, 2.24) is 9.97 Å². The molecule has 438 valence electrons. The van der Waals surface area contributed by atoms with Crippen molar-refractivity contribution in [3.8, 4) is 6.07 Å². The normalized spacial score (nSPS) is 10.4. The topological polar surface area (TPSA) is 134 Å². The number of alkyl halides is 1. The molecule has 84 heavy (non-hydrogen) atoms. The summed E-state index contributed by atoms with van der Waals surface area (Å²) < 4.78 is 63.9. The lowest BCUT2D eigenvalue weighted by Crippen LogP contribution is -2.07. The number of aromatic nitrogens is 2. The quantitative estimate of drug-likeness (QED) is 0.0373. The van der Waals surface area contributed by atoms with Crippen LogP contribution in [0.3, 0.4) is 0 Å². The van der Waals surface area contributed by atoms with Gasteiger partial charge in [0.1, 0.15) is 40.7 Å². The predicted octanol–water partition coefficient (Wildman–Crippen LogP) is 17.3. The highest BCUT2D eigenvalue weighted by atomic mass is 79.9. The summed E-state index contributed by atoms with van der Waals surface area (Å²) in [6.07, 6.45) is 14.1. The molecule has 0 radical (unpaired) electrons. The predicted molar refractivity (Wildman–Crippen MR) is 335 cm³/mol. The molecule has 0 bridgehead atoms. The minimum atomic E-state index is -0.236. The van der Waals surface area contributed by atoms with E-state index in [-0.39, 0.29) is 40.9 Å². The highest BCUT2D eigenvalue weighted by Crippen LogP contribution is 2.21. The number of rotatable bonds is 21. The van der Waals surface area contributed by atoms with Gasteiger partial charge in [0.15, 0.2) is 0 Å². The molecule has 0 spiro atoms. The van der Waals surface area contributed by atoms with E-state index in [1.807, 2.05) is 60.7 Å². The molecule has 0 saturated carbocycles. The summed E-state index contributed by atoms with van der Waals surface area (Å²) in [5, 5.41) is 16.7. The van der Waals surface area contributed by atoms with Gasteiger partial charge in [-0.15, -0.1) is 0 Å². The Bertz CT molecular complexity index is 3350. The molecule has 4 N–H and O–H groups in total. The first-order valence-electron chi connectivity index (χ1n) is 28.4. The number of pyridine rings is 2. The number of nitriles is 1. The van der Waals surface area contributed by atoms with E-state index in [1.54, 1.807) is 54.6 Å². The van der Waals surface area contributed by atoms with E-state index in [2.05, 4.69) is 72.9 Å². The molecule has 0 fully saturated rings. The fourth-order valence-corrected chi connectivity index (χ4v) is 9.34. The number of nitrogens with zero attached hydrogens (tertiary/aromatic N) is 3. The third kappa shape index (κ3) is 26.9. The zero-order valence-corrected chi connectivity index (χ0v) is 49.4. The van der Waals surface area contributed by atoms with Crippen molar-refractivity contribution >= 4 is 61.2 Å². The molecule has 0 aliphatic carbocycles. The fraction of sp³-hybridized carbons (Fsp3) is 0.271. The van der Waals surface area contributed by atoms with E-state index in [1.165, 1.54) is 61.4 Å². The highest BCUT2D eigenvalue weighted by molar-refractivity contribution is 9.09. The van der Waals surface area contributed by atoms with Crippen LogP contribution in [0.4, 0.5) is 33.6 Å². The third-order valence-electron chi connectivity index (χ3n) is 13.0. The van der Waals surface area contributed by atoms with Crippen LogP contribution in [0.1, 0.15) is 104 Å². The van der Waals surface area contributed by atoms with Crippen molar-refractivity contribution in [3.05, 3.63) is 250 Å². The summed E-state index contributed by atoms with van der Waals surface area (Å²) in [6.45, 7) is 3.62. The molecule has 7 aromatic carbocycles. The molecular formula is C70H74BrF5N6O2. The van der Waals surface area contributed by atoms with Gasteiger partial charge in [0, 0.05) is 36.4 Å². The van der Waals surface area contributed by atoms with Crippen molar-refractivity contribution in [2.45, 2.75) is 110 Å². The summed E-state index contributed by atoms with van der Waals surface area (Å²) in [6, 6.07) is 55.5. The van der Waals surface area contributed by atoms with Crippen LogP contribution in [-0.2, 0) is 54.5 Å². The monoisotopic (exact) mass is 1200 g/mol. The minimum Gasteiger partial charge on any atom is -0.330 e. The van der Waals surface area contributed by atoms with Crippen LogP contribution in [0.2, 0.25) is 0 Å². The number of hydrogen-bond donors (Lipinski definition) is 3. The van der Waals surface area contributed by atoms with Gasteiger partial charge in [-0.2, -0.15) is 5.26 Å². The number of fused-ring (bicyclic) bond motifs is 2. The molecule has 9 rings (SSSR count). The van der Waals surface area contributed by atoms with Gasteiger partial charge in [-0.3, -0.25) is 9.59 Å². The molecule has 2 aromatic heterocycles. The lowest BCUT2D eigenvalue weighted by molar-refractivity contribution is -0.115. The van der Waals surface area contributed by atoms with Crippen molar-refractivity contribution in [2.75, 3.05) is 22.5 Å². The van der Waals surface area contributed by atoms with E-state index in [0.717, 1.165) is 138 Å². The molecule has 8 nitrogen and oxygen atoms in total. The lowest BCUT2D eigenvalue weighted by Gasteiger charge is -2.06. The largest absolute Gasteiger partial charge is 0.330 e. The molecule has 0 saturated heterocycles. The molecule has 0 aliphatic heterocycles. The number of carbonyl (C=O) groups is 2. The Labute approximate surface area is 499 Å². The van der Waals surface area contributed by atoms with E-state index < -0.39 is 0 Å². The van der Waals surface area contributed by atoms with Gasteiger partial charge < -0.3 is 16.4 Å². The van der Waals surface area contributed by atoms with Gasteiger partial charge in [-0.25, -0.2) is 31.9 Å². The Morgan fingerprint density at radius 3 is 1.05 bits per heavy atom. The average Bonchev–Trinajstić information content (AvgIpc) is 3.67. The summed E-state index contributed by atoms with van der Waals surface area (Å²) in [7, 11) is 0. The summed E-state index contributed by atoms with van der Waals surface area (Å²) >= 11 is 3.29. The molecule has 0 atom stereocenters. The SMILES string of the molecule is CC(=O)Nc1ccc2ccc(CCCCCc3cccc(F)c3)cc2n1.CC(=O)Nc1ccc2ccc(CCCCCc3cccc(F)c3)cc2n1.Fc1cccc(CCBr)c1.N#CCCc1cccc(F)c1.NCCCc1cccc(F)c1. The third-order valence-corrected chi connectivity index (χ3v) is 13.4. The van der Waals surface area contributed by atoms with Gasteiger partial charge in [0.25, 0.3) is 0 Å². The lowest BCUT2D eigenvalue weighted by atomic mass is 10.0. The maximum atomic E-state index is 13.2. The maximum Gasteiger partial charge on any atom is 0.222 e. The smallest absolute Gasteiger partial charge is 0.222 e. The Kier molecular flexibility index (Phi) is 30.1. The van der Waals surface area contributed by atoms with Gasteiger partial charge >= 0.3 is 0 Å². The Balaban J connectivity index is 0.000000206. The zero-order chi connectivity index (χ0) is 60.3. The van der Waals surface area contributed by atoms with Crippen LogP contribution in [0, 0.1) is 40.4 Å². The number of amides is 2. The maximum absolute atomic E-state index is 13.2. The van der Waals surface area contributed by atoms with Crippen LogP contribution in [0.25, 0.3) is 21.8 Å². The molecule has 2 heterocycles. The van der Waals surface area contributed by atoms with E-state index in [9.17, 15) is 31.5 Å². The number of halogens is 6. The zero-order valence-electron chi connectivity index (χ0n) is 47.8. The van der Waals surface area contributed by atoms with Crippen molar-refractivity contribution in [1.29, 1.82) is 5.26 Å². The first-order chi connectivity index (χ1) is 40.7. The number of nitrogens with one attached hydrogen (secondary N) is 2. The number of anilines is 2. The van der Waals surface area contributed by atoms with Crippen LogP contribution in [0.5, 0.6) is 0 Å². The van der Waals surface area contributed by atoms with Crippen LogP contribution in [0.15, 0.2) is 182 Å². The molecule has 14 heteroatoms. The van der Waals surface area contributed by atoms with Gasteiger partial charge in [-0.05, 0) is 220 Å². The average molecular weight is 1210 g/mol. The highest BCUT2D eigenvalue weighted by Gasteiger charge is 2.06. The van der Waals surface area contributed by atoms with Crippen molar-refractivity contribution < 1.29 is 31.5 Å². The van der Waals surface area contributed by atoms with E-state index in [4.69, 9.17) is 11.0 Å². The molecule has 9 aromatic rings. The van der Waals surface area contributed by atoms with Gasteiger partial charge in [0.05, 0.1) is 17.1 Å². The van der Waals surface area contributed by atoms with E-state index in [0.29, 0.717) is 31.0 Å². The molecular weight excluding hydrogens is 1130 g/mol. The summed E-state index contributed by atoms with van der Waals surface area (Å²) in [4.78, 5) is 31.3. The number of hydrogen-bond acceptors (Lipinski definition) is 6. The number of aryl methyl sites for hydroxylation is 7. The van der Waals surface area contributed by atoms with Crippen molar-refractivity contribution in [3.63, 3.8) is 0 Å². The van der Waals surface area contributed by atoms with Crippen LogP contribution >= 0.6 is 15.9 Å². The second-order valence-electron chi connectivity index (χ2n) is 20.1. The van der Waals surface area contributed by atoms with Crippen LogP contribution in [-0.4, -0.2) is 33.7 Å². The molecule has 0 aliphatic rings. The number of carbonyl (C=O) groups excluding carboxylic acids is 2. The first kappa shape index (κ1) is 66.7.